The molecule has 102 valence electrons. The third-order valence-corrected chi connectivity index (χ3v) is 2.48. The highest BCUT2D eigenvalue weighted by molar-refractivity contribution is 5.47. The van der Waals surface area contributed by atoms with Crippen LogP contribution in [0, 0.1) is 0 Å². The number of anilines is 2. The first kappa shape index (κ1) is 14.7. The van der Waals surface area contributed by atoms with Crippen molar-refractivity contribution in [1.29, 1.82) is 0 Å². The molecule has 6 heteroatoms. The molecule has 18 heavy (non-hydrogen) atoms. The number of hydrogen-bond donors (Lipinski definition) is 4. The van der Waals surface area contributed by atoms with E-state index in [9.17, 15) is 5.11 Å². The molecule has 0 saturated carbocycles. The summed E-state index contributed by atoms with van der Waals surface area (Å²) in [6.07, 6.45) is 2.13. The standard InChI is InChI=1S/C12H23N5O/c1-4-5-10-15-11(7-12(16-10)17-13)14-8(2)6-9(3)18/h7-9,18H,4-6,13H2,1-3H3,(H2,14,15,16,17). The fourth-order valence-electron chi connectivity index (χ4n) is 1.80. The van der Waals surface area contributed by atoms with Crippen molar-refractivity contribution in [2.24, 2.45) is 5.84 Å². The van der Waals surface area contributed by atoms with E-state index in [4.69, 9.17) is 5.84 Å². The maximum atomic E-state index is 9.34. The maximum Gasteiger partial charge on any atom is 0.145 e. The second kappa shape index (κ2) is 7.13. The zero-order chi connectivity index (χ0) is 13.5. The lowest BCUT2D eigenvalue weighted by atomic mass is 10.1. The number of nitrogens with two attached hydrogens (primary N) is 1. The van der Waals surface area contributed by atoms with Crippen LogP contribution in [0.25, 0.3) is 0 Å². The topological polar surface area (TPSA) is 96.1 Å². The quantitative estimate of drug-likeness (QED) is 0.432. The minimum Gasteiger partial charge on any atom is -0.393 e. The molecule has 0 radical (unpaired) electrons. The minimum absolute atomic E-state index is 0.139. The van der Waals surface area contributed by atoms with Gasteiger partial charge in [0, 0.05) is 18.5 Å². The summed E-state index contributed by atoms with van der Waals surface area (Å²) in [7, 11) is 0. The van der Waals surface area contributed by atoms with E-state index in [-0.39, 0.29) is 12.1 Å². The minimum atomic E-state index is -0.337. The number of nitrogens with zero attached hydrogens (tertiary/aromatic N) is 2. The van der Waals surface area contributed by atoms with E-state index in [2.05, 4.69) is 27.6 Å². The van der Waals surface area contributed by atoms with Crippen LogP contribution in [0.1, 0.15) is 39.4 Å². The number of aryl methyl sites for hydroxylation is 1. The average molecular weight is 253 g/mol. The van der Waals surface area contributed by atoms with Gasteiger partial charge in [0.2, 0.25) is 0 Å². The number of rotatable bonds is 7. The van der Waals surface area contributed by atoms with Crippen LogP contribution < -0.4 is 16.6 Å². The van der Waals surface area contributed by atoms with Gasteiger partial charge in [-0.1, -0.05) is 6.92 Å². The van der Waals surface area contributed by atoms with Crippen molar-refractivity contribution < 1.29 is 5.11 Å². The van der Waals surface area contributed by atoms with Crippen LogP contribution in [0.2, 0.25) is 0 Å². The summed E-state index contributed by atoms with van der Waals surface area (Å²) in [5, 5.41) is 12.6. The first-order valence-electron chi connectivity index (χ1n) is 6.34. The van der Waals surface area contributed by atoms with E-state index in [0.717, 1.165) is 24.5 Å². The predicted molar refractivity (Wildman–Crippen MR) is 73.2 cm³/mol. The highest BCUT2D eigenvalue weighted by atomic mass is 16.3. The summed E-state index contributed by atoms with van der Waals surface area (Å²) in [6, 6.07) is 1.90. The number of aliphatic hydroxyl groups is 1. The molecular formula is C12H23N5O. The Morgan fingerprint density at radius 2 is 2.00 bits per heavy atom. The van der Waals surface area contributed by atoms with Crippen molar-refractivity contribution in [3.8, 4) is 0 Å². The van der Waals surface area contributed by atoms with E-state index in [1.807, 2.05) is 6.92 Å². The lowest BCUT2D eigenvalue weighted by Gasteiger charge is -2.17. The molecule has 0 aromatic carbocycles. The van der Waals surface area contributed by atoms with Gasteiger partial charge >= 0.3 is 0 Å². The van der Waals surface area contributed by atoms with Crippen molar-refractivity contribution >= 4 is 11.6 Å². The first-order valence-corrected chi connectivity index (χ1v) is 6.34. The maximum absolute atomic E-state index is 9.34. The number of hydrazine groups is 1. The summed E-state index contributed by atoms with van der Waals surface area (Å²) in [5.74, 6) is 7.48. The Balaban J connectivity index is 2.77. The first-order chi connectivity index (χ1) is 8.55. The van der Waals surface area contributed by atoms with Gasteiger partial charge in [0.15, 0.2) is 0 Å². The fourth-order valence-corrected chi connectivity index (χ4v) is 1.80. The normalized spacial score (nSPS) is 14.1. The molecule has 0 aliphatic carbocycles. The highest BCUT2D eigenvalue weighted by Crippen LogP contribution is 2.13. The van der Waals surface area contributed by atoms with Gasteiger partial charge < -0.3 is 15.8 Å². The Bertz CT molecular complexity index is 369. The number of nitrogen functional groups attached to an aromatic ring is 1. The molecule has 1 aromatic heterocycles. The molecular weight excluding hydrogens is 230 g/mol. The van der Waals surface area contributed by atoms with Gasteiger partial charge in [-0.15, -0.1) is 0 Å². The van der Waals surface area contributed by atoms with E-state index >= 15 is 0 Å². The van der Waals surface area contributed by atoms with Gasteiger partial charge in [-0.3, -0.25) is 0 Å². The molecule has 0 aliphatic heterocycles. The second-order valence-corrected chi connectivity index (χ2v) is 4.58. The predicted octanol–water partition coefficient (Wildman–Crippen LogP) is 1.29. The third-order valence-electron chi connectivity index (χ3n) is 2.48. The molecule has 2 atom stereocenters. The zero-order valence-corrected chi connectivity index (χ0v) is 11.3. The number of aromatic nitrogens is 2. The zero-order valence-electron chi connectivity index (χ0n) is 11.3. The van der Waals surface area contributed by atoms with E-state index in [1.54, 1.807) is 13.0 Å². The van der Waals surface area contributed by atoms with Crippen LogP contribution in [0.15, 0.2) is 6.07 Å². The molecule has 0 fully saturated rings. The monoisotopic (exact) mass is 253 g/mol. The van der Waals surface area contributed by atoms with Crippen molar-refractivity contribution in [3.05, 3.63) is 11.9 Å². The van der Waals surface area contributed by atoms with Gasteiger partial charge in [0.05, 0.1) is 6.10 Å². The Hall–Kier alpha value is -1.40. The third kappa shape index (κ3) is 4.85. The molecule has 0 amide bonds. The number of hydrogen-bond acceptors (Lipinski definition) is 6. The molecule has 6 nitrogen and oxygen atoms in total. The second-order valence-electron chi connectivity index (χ2n) is 4.58. The smallest absolute Gasteiger partial charge is 0.145 e. The van der Waals surface area contributed by atoms with Crippen LogP contribution in [0.3, 0.4) is 0 Å². The van der Waals surface area contributed by atoms with Crippen LogP contribution in [0.5, 0.6) is 0 Å². The fraction of sp³-hybridized carbons (Fsp3) is 0.667. The Kier molecular flexibility index (Phi) is 5.80. The van der Waals surface area contributed by atoms with Gasteiger partial charge in [-0.25, -0.2) is 15.8 Å². The molecule has 0 bridgehead atoms. The SMILES string of the molecule is CCCc1nc(NN)cc(NC(C)CC(C)O)n1. The summed E-state index contributed by atoms with van der Waals surface area (Å²) < 4.78 is 0. The Labute approximate surface area is 108 Å². The van der Waals surface area contributed by atoms with Crippen LogP contribution in [-0.4, -0.2) is 27.2 Å². The van der Waals surface area contributed by atoms with Crippen LogP contribution >= 0.6 is 0 Å². The van der Waals surface area contributed by atoms with Crippen molar-refractivity contribution in [2.45, 2.75) is 52.2 Å². The largest absolute Gasteiger partial charge is 0.393 e. The van der Waals surface area contributed by atoms with Crippen molar-refractivity contribution in [2.75, 3.05) is 10.7 Å². The number of nitrogens with one attached hydrogen (secondary N) is 2. The average Bonchev–Trinajstić information content (AvgIpc) is 2.27. The lowest BCUT2D eigenvalue weighted by Crippen LogP contribution is -2.22. The Morgan fingerprint density at radius 1 is 1.33 bits per heavy atom. The van der Waals surface area contributed by atoms with Gasteiger partial charge in [-0.05, 0) is 26.7 Å². The summed E-state index contributed by atoms with van der Waals surface area (Å²) in [4.78, 5) is 8.69. The lowest BCUT2D eigenvalue weighted by molar-refractivity contribution is 0.179. The van der Waals surface area contributed by atoms with Crippen molar-refractivity contribution in [1.82, 2.24) is 9.97 Å². The molecule has 1 heterocycles. The van der Waals surface area contributed by atoms with Crippen LogP contribution in [-0.2, 0) is 6.42 Å². The van der Waals surface area contributed by atoms with Crippen LogP contribution in [0.4, 0.5) is 11.6 Å². The summed E-state index contributed by atoms with van der Waals surface area (Å²) in [6.45, 7) is 5.85. The van der Waals surface area contributed by atoms with Crippen molar-refractivity contribution in [3.63, 3.8) is 0 Å². The van der Waals surface area contributed by atoms with E-state index in [1.165, 1.54) is 0 Å². The molecule has 0 aliphatic rings. The van der Waals surface area contributed by atoms with Gasteiger partial charge in [0.25, 0.3) is 0 Å². The highest BCUT2D eigenvalue weighted by Gasteiger charge is 2.09. The molecule has 0 saturated heterocycles. The summed E-state index contributed by atoms with van der Waals surface area (Å²) >= 11 is 0. The molecule has 1 aromatic rings. The van der Waals surface area contributed by atoms with Gasteiger partial charge in [0.1, 0.15) is 17.5 Å². The Morgan fingerprint density at radius 3 is 2.56 bits per heavy atom. The van der Waals surface area contributed by atoms with E-state index in [0.29, 0.717) is 12.2 Å². The molecule has 0 spiro atoms. The molecule has 1 rings (SSSR count). The molecule has 5 N–H and O–H groups in total. The summed E-state index contributed by atoms with van der Waals surface area (Å²) in [5.41, 5.74) is 2.54. The van der Waals surface area contributed by atoms with Gasteiger partial charge in [-0.2, -0.15) is 0 Å². The van der Waals surface area contributed by atoms with E-state index < -0.39 is 0 Å². The molecule has 2 unspecified atom stereocenters. The number of aliphatic hydroxyl groups excluding tert-OH is 1.